The number of anilines is 1. The van der Waals surface area contributed by atoms with Gasteiger partial charge in [-0.3, -0.25) is 4.79 Å². The lowest BCUT2D eigenvalue weighted by molar-refractivity contribution is -0.112. The van der Waals surface area contributed by atoms with Gasteiger partial charge in [-0.15, -0.1) is 0 Å². The van der Waals surface area contributed by atoms with Crippen LogP contribution in [0.4, 0.5) is 5.69 Å². The largest absolute Gasteiger partial charge is 0.490 e. The number of nitriles is 1. The van der Waals surface area contributed by atoms with Crippen molar-refractivity contribution >= 4 is 40.9 Å². The number of nitrogens with one attached hydrogen (secondary N) is 1. The van der Waals surface area contributed by atoms with Crippen LogP contribution < -0.4 is 14.8 Å². The molecule has 3 aromatic carbocycles. The van der Waals surface area contributed by atoms with Gasteiger partial charge in [0.25, 0.3) is 5.91 Å². The van der Waals surface area contributed by atoms with Gasteiger partial charge in [0.05, 0.1) is 5.02 Å². The molecule has 174 valence electrons. The van der Waals surface area contributed by atoms with Gasteiger partial charge in [-0.25, -0.2) is 0 Å². The molecule has 0 radical (unpaired) electrons. The Kier molecular flexibility index (Phi) is 8.59. The summed E-state index contributed by atoms with van der Waals surface area (Å²) >= 11 is 12.5. The Labute approximate surface area is 209 Å². The maximum Gasteiger partial charge on any atom is 0.266 e. The van der Waals surface area contributed by atoms with Crippen molar-refractivity contribution in [3.05, 3.63) is 92.5 Å². The molecule has 0 aliphatic rings. The minimum absolute atomic E-state index is 0.115. The SMILES string of the molecule is Cc1cccc(NC(=O)/C(C#N)=C/c2cc(Cl)cc(Cl)c2OCCOc2cc(C)cc(C)c2)c1. The van der Waals surface area contributed by atoms with Crippen molar-refractivity contribution in [1.82, 2.24) is 0 Å². The molecule has 0 atom stereocenters. The fourth-order valence-electron chi connectivity index (χ4n) is 3.38. The lowest BCUT2D eigenvalue weighted by atomic mass is 10.1. The third-order valence-electron chi connectivity index (χ3n) is 4.77. The molecule has 5 nitrogen and oxygen atoms in total. The number of hydrogen-bond donors (Lipinski definition) is 1. The molecular weight excluding hydrogens is 471 g/mol. The minimum atomic E-state index is -0.548. The molecular formula is C27H24Cl2N2O3. The van der Waals surface area contributed by atoms with Crippen molar-refractivity contribution in [2.24, 2.45) is 0 Å². The molecule has 0 heterocycles. The number of carbonyl (C=O) groups is 1. The normalized spacial score (nSPS) is 11.0. The maximum absolute atomic E-state index is 12.7. The van der Waals surface area contributed by atoms with Crippen molar-refractivity contribution in [1.29, 1.82) is 5.26 Å². The molecule has 0 aliphatic carbocycles. The lowest BCUT2D eigenvalue weighted by Crippen LogP contribution is -2.14. The quantitative estimate of drug-likeness (QED) is 0.209. The van der Waals surface area contributed by atoms with Gasteiger partial charge in [-0.2, -0.15) is 5.26 Å². The number of amides is 1. The second-order valence-corrected chi connectivity index (χ2v) is 8.66. The average Bonchev–Trinajstić information content (AvgIpc) is 2.75. The molecule has 0 saturated carbocycles. The van der Waals surface area contributed by atoms with E-state index in [0.29, 0.717) is 22.0 Å². The van der Waals surface area contributed by atoms with E-state index in [4.69, 9.17) is 32.7 Å². The number of carbonyl (C=O) groups excluding carboxylic acids is 1. The highest BCUT2D eigenvalue weighted by molar-refractivity contribution is 6.36. The number of rotatable bonds is 8. The summed E-state index contributed by atoms with van der Waals surface area (Å²) in [7, 11) is 0. The summed E-state index contributed by atoms with van der Waals surface area (Å²) in [5.74, 6) is 0.516. The molecule has 1 N–H and O–H groups in total. The molecule has 0 unspecified atom stereocenters. The van der Waals surface area contributed by atoms with Gasteiger partial charge in [0, 0.05) is 16.3 Å². The first kappa shape index (κ1) is 25.2. The molecule has 0 saturated heterocycles. The maximum atomic E-state index is 12.7. The Hall–Kier alpha value is -3.46. The van der Waals surface area contributed by atoms with Crippen LogP contribution in [0.25, 0.3) is 6.08 Å². The van der Waals surface area contributed by atoms with E-state index in [1.807, 2.05) is 57.2 Å². The Bertz CT molecular complexity index is 1260. The van der Waals surface area contributed by atoms with E-state index in [1.54, 1.807) is 18.2 Å². The fraction of sp³-hybridized carbons (Fsp3) is 0.185. The zero-order chi connectivity index (χ0) is 24.7. The summed E-state index contributed by atoms with van der Waals surface area (Å²) in [5, 5.41) is 12.9. The summed E-state index contributed by atoms with van der Waals surface area (Å²) in [6, 6.07) is 18.3. The van der Waals surface area contributed by atoms with Crippen LogP contribution in [0, 0.1) is 32.1 Å². The van der Waals surface area contributed by atoms with Gasteiger partial charge in [0.2, 0.25) is 0 Å². The lowest BCUT2D eigenvalue weighted by Gasteiger charge is -2.13. The van der Waals surface area contributed by atoms with Crippen LogP contribution in [0.1, 0.15) is 22.3 Å². The average molecular weight is 495 g/mol. The zero-order valence-electron chi connectivity index (χ0n) is 19.1. The van der Waals surface area contributed by atoms with E-state index in [1.165, 1.54) is 6.08 Å². The third kappa shape index (κ3) is 7.02. The molecule has 7 heteroatoms. The predicted molar refractivity (Wildman–Crippen MR) is 137 cm³/mol. The molecule has 0 spiro atoms. The van der Waals surface area contributed by atoms with Gasteiger partial charge < -0.3 is 14.8 Å². The highest BCUT2D eigenvalue weighted by Crippen LogP contribution is 2.34. The van der Waals surface area contributed by atoms with Crippen molar-refractivity contribution < 1.29 is 14.3 Å². The second-order valence-electron chi connectivity index (χ2n) is 7.82. The topological polar surface area (TPSA) is 71.4 Å². The van der Waals surface area contributed by atoms with Crippen molar-refractivity contribution in [2.75, 3.05) is 18.5 Å². The smallest absolute Gasteiger partial charge is 0.266 e. The van der Waals surface area contributed by atoms with Gasteiger partial charge in [0.15, 0.2) is 0 Å². The van der Waals surface area contributed by atoms with Crippen LogP contribution in [-0.4, -0.2) is 19.1 Å². The highest BCUT2D eigenvalue weighted by Gasteiger charge is 2.15. The monoisotopic (exact) mass is 494 g/mol. The summed E-state index contributed by atoms with van der Waals surface area (Å²) in [5.41, 5.74) is 4.10. The number of halogens is 2. The summed E-state index contributed by atoms with van der Waals surface area (Å²) < 4.78 is 11.6. The van der Waals surface area contributed by atoms with Crippen molar-refractivity contribution in [2.45, 2.75) is 20.8 Å². The minimum Gasteiger partial charge on any atom is -0.490 e. The Morgan fingerprint density at radius 2 is 1.68 bits per heavy atom. The van der Waals surface area contributed by atoms with E-state index in [2.05, 4.69) is 11.4 Å². The summed E-state index contributed by atoms with van der Waals surface area (Å²) in [6.45, 7) is 6.41. The van der Waals surface area contributed by atoms with Gasteiger partial charge in [-0.1, -0.05) is 41.4 Å². The number of benzene rings is 3. The molecule has 0 bridgehead atoms. The number of ether oxygens (including phenoxy) is 2. The standard InChI is InChI=1S/C27H24Cl2N2O3/c1-17-5-4-6-23(10-17)31-27(32)21(16-30)13-20-14-22(28)15-25(29)26(20)34-8-7-33-24-11-18(2)9-19(3)12-24/h4-6,9-15H,7-8H2,1-3H3,(H,31,32)/b21-13+. The summed E-state index contributed by atoms with van der Waals surface area (Å²) in [4.78, 5) is 12.7. The number of hydrogen-bond acceptors (Lipinski definition) is 4. The Balaban J connectivity index is 1.76. The first-order valence-electron chi connectivity index (χ1n) is 10.6. The molecule has 1 amide bonds. The van der Waals surface area contributed by atoms with Crippen molar-refractivity contribution in [3.63, 3.8) is 0 Å². The van der Waals surface area contributed by atoms with Crippen LogP contribution >= 0.6 is 23.2 Å². The van der Waals surface area contributed by atoms with Gasteiger partial charge in [0.1, 0.15) is 36.4 Å². The zero-order valence-corrected chi connectivity index (χ0v) is 20.6. The summed E-state index contributed by atoms with van der Waals surface area (Å²) in [6.07, 6.45) is 1.41. The van der Waals surface area contributed by atoms with Crippen LogP contribution in [0.15, 0.2) is 60.2 Å². The van der Waals surface area contributed by atoms with Gasteiger partial charge >= 0.3 is 0 Å². The Morgan fingerprint density at radius 1 is 0.971 bits per heavy atom. The first-order valence-corrected chi connectivity index (χ1v) is 11.3. The fourth-order valence-corrected chi connectivity index (χ4v) is 3.95. The molecule has 0 aliphatic heterocycles. The van der Waals surface area contributed by atoms with Crippen molar-refractivity contribution in [3.8, 4) is 17.6 Å². The van der Waals surface area contributed by atoms with Crippen LogP contribution in [0.3, 0.4) is 0 Å². The molecule has 3 rings (SSSR count). The van der Waals surface area contributed by atoms with Crippen LogP contribution in [0.5, 0.6) is 11.5 Å². The predicted octanol–water partition coefficient (Wildman–Crippen LogP) is 6.92. The van der Waals surface area contributed by atoms with Gasteiger partial charge in [-0.05, 0) is 79.9 Å². The van der Waals surface area contributed by atoms with E-state index in [0.717, 1.165) is 22.4 Å². The van der Waals surface area contributed by atoms with Crippen LogP contribution in [-0.2, 0) is 4.79 Å². The molecule has 0 fully saturated rings. The van der Waals surface area contributed by atoms with E-state index in [-0.39, 0.29) is 23.8 Å². The number of nitrogens with zero attached hydrogens (tertiary/aromatic N) is 1. The molecule has 34 heavy (non-hydrogen) atoms. The molecule has 3 aromatic rings. The third-order valence-corrected chi connectivity index (χ3v) is 5.27. The van der Waals surface area contributed by atoms with E-state index < -0.39 is 5.91 Å². The van der Waals surface area contributed by atoms with Crippen LogP contribution in [0.2, 0.25) is 10.0 Å². The molecule has 0 aromatic heterocycles. The first-order chi connectivity index (χ1) is 16.2. The van der Waals surface area contributed by atoms with E-state index >= 15 is 0 Å². The highest BCUT2D eigenvalue weighted by atomic mass is 35.5. The van der Waals surface area contributed by atoms with E-state index in [9.17, 15) is 10.1 Å². The number of aryl methyl sites for hydroxylation is 3. The Morgan fingerprint density at radius 3 is 2.35 bits per heavy atom. The second kappa shape index (κ2) is 11.6.